The zero-order valence-corrected chi connectivity index (χ0v) is 18.6. The molecule has 3 rings (SSSR count). The van der Waals surface area contributed by atoms with Crippen molar-refractivity contribution in [3.8, 4) is 0 Å². The topological polar surface area (TPSA) is 78.5 Å². The minimum Gasteiger partial charge on any atom is -0.354 e. The lowest BCUT2D eigenvalue weighted by atomic mass is 9.88. The Kier molecular flexibility index (Phi) is 7.79. The van der Waals surface area contributed by atoms with E-state index < -0.39 is 17.8 Å². The highest BCUT2D eigenvalue weighted by atomic mass is 32.1. The molecule has 1 aliphatic rings. The van der Waals surface area contributed by atoms with Crippen LogP contribution in [0.2, 0.25) is 0 Å². The van der Waals surface area contributed by atoms with Crippen molar-refractivity contribution in [2.75, 3.05) is 19.6 Å². The number of piperidine rings is 1. The average Bonchev–Trinajstić information content (AvgIpc) is 3.30. The second-order valence-electron chi connectivity index (χ2n) is 8.18. The van der Waals surface area contributed by atoms with Crippen molar-refractivity contribution in [3.63, 3.8) is 0 Å². The van der Waals surface area contributed by atoms with E-state index in [1.807, 2.05) is 25.3 Å². The predicted molar refractivity (Wildman–Crippen MR) is 118 cm³/mol. The van der Waals surface area contributed by atoms with Gasteiger partial charge < -0.3 is 15.5 Å². The lowest BCUT2D eigenvalue weighted by molar-refractivity contribution is -0.124. The van der Waals surface area contributed by atoms with Gasteiger partial charge in [-0.15, -0.1) is 11.3 Å². The minimum absolute atomic E-state index is 0.00958. The van der Waals surface area contributed by atoms with Crippen LogP contribution in [0, 0.1) is 17.7 Å². The lowest BCUT2D eigenvalue weighted by Crippen LogP contribution is -2.54. The smallest absolute Gasteiger partial charge is 0.263 e. The zero-order valence-electron chi connectivity index (χ0n) is 17.8. The van der Waals surface area contributed by atoms with Crippen LogP contribution in [0.4, 0.5) is 4.39 Å². The van der Waals surface area contributed by atoms with Crippen molar-refractivity contribution in [2.24, 2.45) is 11.8 Å². The van der Waals surface area contributed by atoms with Crippen LogP contribution in [0.25, 0.3) is 0 Å². The molecule has 2 aromatic rings. The molecule has 2 heterocycles. The van der Waals surface area contributed by atoms with Crippen LogP contribution in [-0.2, 0) is 4.79 Å². The van der Waals surface area contributed by atoms with Gasteiger partial charge in [0.15, 0.2) is 0 Å². The summed E-state index contributed by atoms with van der Waals surface area (Å²) in [6.07, 6.45) is 1.16. The number of rotatable bonds is 7. The predicted octanol–water partition coefficient (Wildman–Crippen LogP) is 3.31. The summed E-state index contributed by atoms with van der Waals surface area (Å²) in [6.45, 7) is 5.47. The summed E-state index contributed by atoms with van der Waals surface area (Å²) in [4.78, 5) is 40.7. The third-order valence-corrected chi connectivity index (χ3v) is 6.26. The molecule has 0 saturated carbocycles. The third-order valence-electron chi connectivity index (χ3n) is 5.40. The number of nitrogens with zero attached hydrogens (tertiary/aromatic N) is 1. The lowest BCUT2D eigenvalue weighted by Gasteiger charge is -2.35. The van der Waals surface area contributed by atoms with E-state index in [-0.39, 0.29) is 29.2 Å². The SMILES string of the molecule is CC(C)CNC(=O)C(NC(=O)c1ccccc1F)C1CCN(C(=O)c2cccs2)CC1. The maximum absolute atomic E-state index is 14.1. The van der Waals surface area contributed by atoms with Crippen molar-refractivity contribution in [3.05, 3.63) is 58.0 Å². The van der Waals surface area contributed by atoms with E-state index in [9.17, 15) is 18.8 Å². The molecule has 1 aliphatic heterocycles. The first-order valence-electron chi connectivity index (χ1n) is 10.5. The molecule has 3 amide bonds. The monoisotopic (exact) mass is 445 g/mol. The molecule has 8 heteroatoms. The van der Waals surface area contributed by atoms with E-state index >= 15 is 0 Å². The molecule has 0 spiro atoms. The molecule has 1 unspecified atom stereocenters. The largest absolute Gasteiger partial charge is 0.354 e. The van der Waals surface area contributed by atoms with Crippen molar-refractivity contribution < 1.29 is 18.8 Å². The summed E-state index contributed by atoms with van der Waals surface area (Å²) < 4.78 is 14.1. The summed E-state index contributed by atoms with van der Waals surface area (Å²) >= 11 is 1.41. The van der Waals surface area contributed by atoms with Gasteiger partial charge in [-0.25, -0.2) is 4.39 Å². The molecule has 0 radical (unpaired) electrons. The fraction of sp³-hybridized carbons (Fsp3) is 0.435. The Hall–Kier alpha value is -2.74. The summed E-state index contributed by atoms with van der Waals surface area (Å²) in [5.74, 6) is -1.41. The van der Waals surface area contributed by atoms with E-state index in [0.717, 1.165) is 0 Å². The first-order chi connectivity index (χ1) is 14.9. The normalized spacial score (nSPS) is 15.5. The Morgan fingerprint density at radius 3 is 2.45 bits per heavy atom. The summed E-state index contributed by atoms with van der Waals surface area (Å²) in [5.41, 5.74) is -0.0885. The number of likely N-dealkylation sites (tertiary alicyclic amines) is 1. The highest BCUT2D eigenvalue weighted by molar-refractivity contribution is 7.12. The minimum atomic E-state index is -0.787. The molecule has 31 heavy (non-hydrogen) atoms. The maximum atomic E-state index is 14.1. The number of thiophene rings is 1. The van der Waals surface area contributed by atoms with Crippen LogP contribution >= 0.6 is 11.3 Å². The molecule has 1 atom stereocenters. The summed E-state index contributed by atoms with van der Waals surface area (Å²) in [7, 11) is 0. The zero-order chi connectivity index (χ0) is 22.4. The fourth-order valence-corrected chi connectivity index (χ4v) is 4.36. The van der Waals surface area contributed by atoms with Crippen LogP contribution in [0.15, 0.2) is 41.8 Å². The number of benzene rings is 1. The van der Waals surface area contributed by atoms with Crippen LogP contribution in [0.1, 0.15) is 46.7 Å². The average molecular weight is 446 g/mol. The fourth-order valence-electron chi connectivity index (χ4n) is 3.67. The van der Waals surface area contributed by atoms with Gasteiger partial charge in [0.1, 0.15) is 11.9 Å². The van der Waals surface area contributed by atoms with E-state index in [0.29, 0.717) is 37.4 Å². The molecule has 1 saturated heterocycles. The van der Waals surface area contributed by atoms with Crippen molar-refractivity contribution in [1.29, 1.82) is 0 Å². The van der Waals surface area contributed by atoms with E-state index in [1.165, 1.54) is 29.5 Å². The third kappa shape index (κ3) is 5.91. The van der Waals surface area contributed by atoms with Crippen molar-refractivity contribution in [1.82, 2.24) is 15.5 Å². The molecule has 166 valence electrons. The number of carbonyl (C=O) groups excluding carboxylic acids is 3. The highest BCUT2D eigenvalue weighted by Crippen LogP contribution is 2.24. The number of carbonyl (C=O) groups is 3. The Morgan fingerprint density at radius 1 is 1.13 bits per heavy atom. The number of amides is 3. The molecular weight excluding hydrogens is 417 g/mol. The van der Waals surface area contributed by atoms with Crippen LogP contribution in [0.3, 0.4) is 0 Å². The van der Waals surface area contributed by atoms with Gasteiger partial charge in [-0.05, 0) is 48.3 Å². The van der Waals surface area contributed by atoms with Gasteiger partial charge in [0.2, 0.25) is 5.91 Å². The number of nitrogens with one attached hydrogen (secondary N) is 2. The summed E-state index contributed by atoms with van der Waals surface area (Å²) in [5, 5.41) is 7.50. The first-order valence-corrected chi connectivity index (χ1v) is 11.4. The molecule has 1 fully saturated rings. The van der Waals surface area contributed by atoms with Crippen LogP contribution in [0.5, 0.6) is 0 Å². The Morgan fingerprint density at radius 2 is 1.84 bits per heavy atom. The molecule has 1 aromatic carbocycles. The van der Waals surface area contributed by atoms with E-state index in [1.54, 1.807) is 17.0 Å². The van der Waals surface area contributed by atoms with E-state index in [4.69, 9.17) is 0 Å². The van der Waals surface area contributed by atoms with Crippen LogP contribution in [-0.4, -0.2) is 48.3 Å². The van der Waals surface area contributed by atoms with Gasteiger partial charge >= 0.3 is 0 Å². The first kappa shape index (κ1) is 22.9. The van der Waals surface area contributed by atoms with Gasteiger partial charge in [-0.2, -0.15) is 0 Å². The van der Waals surface area contributed by atoms with Crippen LogP contribution < -0.4 is 10.6 Å². The second-order valence-corrected chi connectivity index (χ2v) is 9.12. The standard InChI is InChI=1S/C23H28FN3O3S/c1-15(2)14-25-22(29)20(26-21(28)17-6-3-4-7-18(17)24)16-9-11-27(12-10-16)23(30)19-8-5-13-31-19/h3-8,13,15-16,20H,9-12,14H2,1-2H3,(H,25,29)(H,26,28). The van der Waals surface area contributed by atoms with E-state index in [2.05, 4.69) is 10.6 Å². The van der Waals surface area contributed by atoms with Gasteiger partial charge in [0.05, 0.1) is 10.4 Å². The van der Waals surface area contributed by atoms with Crippen molar-refractivity contribution >= 4 is 29.1 Å². The Labute approximate surface area is 185 Å². The van der Waals surface area contributed by atoms with Gasteiger partial charge in [0.25, 0.3) is 11.8 Å². The molecule has 0 aliphatic carbocycles. The quantitative estimate of drug-likeness (QED) is 0.686. The highest BCUT2D eigenvalue weighted by Gasteiger charge is 2.34. The maximum Gasteiger partial charge on any atom is 0.263 e. The van der Waals surface area contributed by atoms with Crippen molar-refractivity contribution in [2.45, 2.75) is 32.7 Å². The van der Waals surface area contributed by atoms with Gasteiger partial charge in [-0.3, -0.25) is 14.4 Å². The number of hydrogen-bond acceptors (Lipinski definition) is 4. The summed E-state index contributed by atoms with van der Waals surface area (Å²) in [6, 6.07) is 8.58. The second kappa shape index (κ2) is 10.5. The molecule has 6 nitrogen and oxygen atoms in total. The molecule has 2 N–H and O–H groups in total. The molecular formula is C23H28FN3O3S. The Bertz CT molecular complexity index is 909. The molecule has 1 aromatic heterocycles. The molecule has 0 bridgehead atoms. The number of hydrogen-bond donors (Lipinski definition) is 2. The van der Waals surface area contributed by atoms with Gasteiger partial charge in [0, 0.05) is 19.6 Å². The number of halogens is 1. The Balaban J connectivity index is 1.69. The van der Waals surface area contributed by atoms with Gasteiger partial charge in [-0.1, -0.05) is 32.0 Å².